The summed E-state index contributed by atoms with van der Waals surface area (Å²) in [5.74, 6) is -0.702. The van der Waals surface area contributed by atoms with Crippen molar-refractivity contribution in [3.63, 3.8) is 0 Å². The molecule has 0 amide bonds. The highest BCUT2D eigenvalue weighted by Gasteiger charge is 2.32. The molecule has 0 bridgehead atoms. The number of hydrogen-bond donors (Lipinski definition) is 1. The first kappa shape index (κ1) is 25.0. The molecule has 7 nitrogen and oxygen atoms in total. The topological polar surface area (TPSA) is 99.1 Å². The number of phenols is 1. The molecule has 0 heterocycles. The van der Waals surface area contributed by atoms with Crippen molar-refractivity contribution in [3.8, 4) is 17.2 Å². The molecule has 34 heavy (non-hydrogen) atoms. The van der Waals surface area contributed by atoms with Gasteiger partial charge in [-0.15, -0.1) is 0 Å². The zero-order chi connectivity index (χ0) is 24.7. The van der Waals surface area contributed by atoms with E-state index in [1.165, 1.54) is 30.3 Å². The lowest BCUT2D eigenvalue weighted by molar-refractivity contribution is -0.148. The van der Waals surface area contributed by atoms with Gasteiger partial charge >= 0.3 is 17.9 Å². The average molecular weight is 467 g/mol. The van der Waals surface area contributed by atoms with Gasteiger partial charge < -0.3 is 19.3 Å². The van der Waals surface area contributed by atoms with Crippen molar-refractivity contribution in [2.24, 2.45) is 11.8 Å². The third-order valence-corrected chi connectivity index (χ3v) is 5.37. The molecule has 0 atom stereocenters. The van der Waals surface area contributed by atoms with Crippen LogP contribution in [0.25, 0.3) is 6.08 Å². The third-order valence-electron chi connectivity index (χ3n) is 5.37. The van der Waals surface area contributed by atoms with E-state index in [2.05, 4.69) is 0 Å². The van der Waals surface area contributed by atoms with Gasteiger partial charge in [-0.25, -0.2) is 4.79 Å². The first-order valence-electron chi connectivity index (χ1n) is 11.3. The van der Waals surface area contributed by atoms with Crippen LogP contribution in [0.5, 0.6) is 17.2 Å². The van der Waals surface area contributed by atoms with Crippen LogP contribution in [0.1, 0.15) is 52.0 Å². The van der Waals surface area contributed by atoms with Gasteiger partial charge in [0.25, 0.3) is 0 Å². The molecule has 1 saturated carbocycles. The molecule has 7 heteroatoms. The summed E-state index contributed by atoms with van der Waals surface area (Å²) in [5, 5.41) is 9.31. The van der Waals surface area contributed by atoms with Crippen molar-refractivity contribution in [2.75, 3.05) is 0 Å². The average Bonchev–Trinajstić information content (AvgIpc) is 2.79. The van der Waals surface area contributed by atoms with Crippen molar-refractivity contribution >= 4 is 24.0 Å². The highest BCUT2D eigenvalue weighted by molar-refractivity contribution is 5.87. The molecule has 0 unspecified atom stereocenters. The summed E-state index contributed by atoms with van der Waals surface area (Å²) in [4.78, 5) is 36.7. The minimum absolute atomic E-state index is 0.103. The number of hydrogen-bond acceptors (Lipinski definition) is 7. The van der Waals surface area contributed by atoms with Crippen LogP contribution in [0.4, 0.5) is 0 Å². The summed E-state index contributed by atoms with van der Waals surface area (Å²) >= 11 is 0. The maximum Gasteiger partial charge on any atom is 0.331 e. The minimum atomic E-state index is -0.550. The second-order valence-corrected chi connectivity index (χ2v) is 9.32. The summed E-state index contributed by atoms with van der Waals surface area (Å²) in [5.41, 5.74) is 0.226. The summed E-state index contributed by atoms with van der Waals surface area (Å²) in [6.07, 6.45) is 5.18. The van der Waals surface area contributed by atoms with Gasteiger partial charge in [-0.1, -0.05) is 12.1 Å². The number of carbonyl (C=O) groups is 3. The molecule has 1 fully saturated rings. The number of aromatic hydroxyl groups is 1. The fraction of sp³-hybridized carbons (Fsp3) is 0.370. The van der Waals surface area contributed by atoms with E-state index in [0.717, 1.165) is 5.56 Å². The molecular weight excluding hydrogens is 436 g/mol. The molecule has 1 N–H and O–H groups in total. The SMILES string of the molecule is CC(C)(C)OC(=O)/C=C/c1ccc(OC(=O)C2CCC(C(=O)Oc3ccc(O)cc3)CC2)cc1. The zero-order valence-corrected chi connectivity index (χ0v) is 19.7. The summed E-state index contributed by atoms with van der Waals surface area (Å²) in [7, 11) is 0. The van der Waals surface area contributed by atoms with E-state index in [1.807, 2.05) is 0 Å². The van der Waals surface area contributed by atoms with Crippen LogP contribution in [0.2, 0.25) is 0 Å². The van der Waals surface area contributed by atoms with E-state index in [0.29, 0.717) is 37.2 Å². The van der Waals surface area contributed by atoms with E-state index in [9.17, 15) is 19.5 Å². The van der Waals surface area contributed by atoms with Crippen LogP contribution in [-0.4, -0.2) is 28.6 Å². The monoisotopic (exact) mass is 466 g/mol. The van der Waals surface area contributed by atoms with Gasteiger partial charge in [-0.3, -0.25) is 9.59 Å². The van der Waals surface area contributed by atoms with Crippen molar-refractivity contribution in [3.05, 3.63) is 60.2 Å². The molecule has 1 aliphatic carbocycles. The predicted molar refractivity (Wildman–Crippen MR) is 126 cm³/mol. The predicted octanol–water partition coefficient (Wildman–Crippen LogP) is 5.06. The summed E-state index contributed by atoms with van der Waals surface area (Å²) in [6, 6.07) is 12.8. The Kier molecular flexibility index (Phi) is 8.10. The lowest BCUT2D eigenvalue weighted by Gasteiger charge is -2.25. The maximum absolute atomic E-state index is 12.6. The van der Waals surface area contributed by atoms with E-state index >= 15 is 0 Å². The molecule has 1 aliphatic rings. The van der Waals surface area contributed by atoms with Crippen LogP contribution in [0.15, 0.2) is 54.6 Å². The number of benzene rings is 2. The van der Waals surface area contributed by atoms with E-state index in [1.54, 1.807) is 51.1 Å². The van der Waals surface area contributed by atoms with Crippen LogP contribution < -0.4 is 9.47 Å². The highest BCUT2D eigenvalue weighted by Crippen LogP contribution is 2.31. The number of phenolic OH excluding ortho intramolecular Hbond substituents is 1. The molecule has 2 aromatic rings. The second kappa shape index (κ2) is 11.0. The lowest BCUT2D eigenvalue weighted by Crippen LogP contribution is -2.30. The van der Waals surface area contributed by atoms with E-state index in [4.69, 9.17) is 14.2 Å². The van der Waals surface area contributed by atoms with Crippen molar-refractivity contribution in [1.29, 1.82) is 0 Å². The normalized spacial score (nSPS) is 18.3. The Hall–Kier alpha value is -3.61. The number of esters is 3. The second-order valence-electron chi connectivity index (χ2n) is 9.32. The van der Waals surface area contributed by atoms with Crippen LogP contribution >= 0.6 is 0 Å². The Morgan fingerprint density at radius 2 is 1.24 bits per heavy atom. The molecule has 0 aromatic heterocycles. The van der Waals surface area contributed by atoms with Crippen LogP contribution in [0.3, 0.4) is 0 Å². The van der Waals surface area contributed by atoms with Crippen molar-refractivity contribution in [1.82, 2.24) is 0 Å². The van der Waals surface area contributed by atoms with Crippen molar-refractivity contribution in [2.45, 2.75) is 52.1 Å². The fourth-order valence-corrected chi connectivity index (χ4v) is 3.63. The van der Waals surface area contributed by atoms with Gasteiger partial charge in [0.2, 0.25) is 0 Å². The molecular formula is C27H30O7. The molecule has 2 aromatic carbocycles. The Labute approximate surface area is 199 Å². The number of carbonyl (C=O) groups excluding carboxylic acids is 3. The largest absolute Gasteiger partial charge is 0.508 e. The van der Waals surface area contributed by atoms with E-state index < -0.39 is 11.6 Å². The van der Waals surface area contributed by atoms with Gasteiger partial charge in [0.1, 0.15) is 22.8 Å². The van der Waals surface area contributed by atoms with E-state index in [-0.39, 0.29) is 29.5 Å². The summed E-state index contributed by atoms with van der Waals surface area (Å²) in [6.45, 7) is 5.41. The zero-order valence-electron chi connectivity index (χ0n) is 19.7. The number of rotatable bonds is 6. The molecule has 3 rings (SSSR count). The minimum Gasteiger partial charge on any atom is -0.508 e. The molecule has 0 saturated heterocycles. The Morgan fingerprint density at radius 1 is 0.794 bits per heavy atom. The third kappa shape index (κ3) is 7.76. The van der Waals surface area contributed by atoms with Crippen LogP contribution in [-0.2, 0) is 19.1 Å². The van der Waals surface area contributed by atoms with Gasteiger partial charge in [0, 0.05) is 6.08 Å². The standard InChI is InChI=1S/C27H30O7/c1-27(2,3)34-24(29)17-6-18-4-13-22(14-5-18)32-25(30)19-7-9-20(10-8-19)26(31)33-23-15-11-21(28)12-16-23/h4-6,11-17,19-20,28H,7-10H2,1-3H3/b17-6+. The molecule has 0 aliphatic heterocycles. The first-order valence-corrected chi connectivity index (χ1v) is 11.3. The quantitative estimate of drug-likeness (QED) is 0.361. The van der Waals surface area contributed by atoms with Gasteiger partial charge in [0.15, 0.2) is 0 Å². The molecule has 0 radical (unpaired) electrons. The van der Waals surface area contributed by atoms with Gasteiger partial charge in [-0.2, -0.15) is 0 Å². The smallest absolute Gasteiger partial charge is 0.331 e. The number of ether oxygens (including phenoxy) is 3. The maximum atomic E-state index is 12.6. The molecule has 180 valence electrons. The lowest BCUT2D eigenvalue weighted by atomic mass is 9.82. The van der Waals surface area contributed by atoms with Gasteiger partial charge in [-0.05, 0) is 94.5 Å². The summed E-state index contributed by atoms with van der Waals surface area (Å²) < 4.78 is 16.1. The first-order chi connectivity index (χ1) is 16.1. The Morgan fingerprint density at radius 3 is 1.68 bits per heavy atom. The fourth-order valence-electron chi connectivity index (χ4n) is 3.63. The van der Waals surface area contributed by atoms with Gasteiger partial charge in [0.05, 0.1) is 11.8 Å². The molecule has 0 spiro atoms. The van der Waals surface area contributed by atoms with Crippen LogP contribution in [0, 0.1) is 11.8 Å². The highest BCUT2D eigenvalue weighted by atomic mass is 16.6. The Balaban J connectivity index is 1.45. The van der Waals surface area contributed by atoms with Crippen molar-refractivity contribution < 1.29 is 33.7 Å². The Bertz CT molecular complexity index is 1020.